The summed E-state index contributed by atoms with van der Waals surface area (Å²) in [5.41, 5.74) is 0. The number of aryl methyl sites for hydroxylation is 1. The molecule has 0 aromatic carbocycles. The molecule has 0 unspecified atom stereocenters. The smallest absolute Gasteiger partial charge is 0.230 e. The van der Waals surface area contributed by atoms with Crippen LogP contribution in [0, 0.1) is 12.8 Å². The normalized spacial score (nSPS) is 14.5. The fourth-order valence-electron chi connectivity index (χ4n) is 1.57. The molecular formula is C12H18N4OS. The van der Waals surface area contributed by atoms with Gasteiger partial charge in [0.1, 0.15) is 5.82 Å². The van der Waals surface area contributed by atoms with E-state index in [2.05, 4.69) is 22.1 Å². The number of thioether (sulfide) groups is 1. The Morgan fingerprint density at radius 2 is 2.39 bits per heavy atom. The number of carbonyl (C=O) groups is 1. The molecule has 1 N–H and O–H groups in total. The molecule has 1 amide bonds. The molecule has 1 aliphatic carbocycles. The largest absolute Gasteiger partial charge is 0.355 e. The number of allylic oxidation sites excluding steroid dienone is 1. The zero-order valence-corrected chi connectivity index (χ0v) is 11.4. The lowest BCUT2D eigenvalue weighted by Crippen LogP contribution is -2.27. The van der Waals surface area contributed by atoms with Crippen LogP contribution in [-0.4, -0.2) is 33.0 Å². The molecule has 2 rings (SSSR count). The summed E-state index contributed by atoms with van der Waals surface area (Å²) < 4.78 is 1.95. The van der Waals surface area contributed by atoms with Gasteiger partial charge in [0.25, 0.3) is 0 Å². The first kappa shape index (κ1) is 13.1. The molecule has 0 radical (unpaired) electrons. The third kappa shape index (κ3) is 3.60. The predicted octanol–water partition coefficient (Wildman–Crippen LogP) is 1.39. The Morgan fingerprint density at radius 3 is 3.06 bits per heavy atom. The van der Waals surface area contributed by atoms with E-state index in [1.54, 1.807) is 6.08 Å². The van der Waals surface area contributed by atoms with E-state index in [0.29, 0.717) is 18.2 Å². The number of nitrogens with one attached hydrogen (secondary N) is 1. The molecule has 0 saturated heterocycles. The fourth-order valence-corrected chi connectivity index (χ4v) is 2.39. The van der Waals surface area contributed by atoms with Crippen LogP contribution in [-0.2, 0) is 11.3 Å². The summed E-state index contributed by atoms with van der Waals surface area (Å²) in [7, 11) is 0. The molecule has 0 aliphatic heterocycles. The van der Waals surface area contributed by atoms with Gasteiger partial charge in [-0.05, 0) is 25.7 Å². The molecule has 0 bridgehead atoms. The van der Waals surface area contributed by atoms with Gasteiger partial charge in [-0.3, -0.25) is 4.79 Å². The zero-order valence-electron chi connectivity index (χ0n) is 10.6. The Hall–Kier alpha value is -1.30. The summed E-state index contributed by atoms with van der Waals surface area (Å²) >= 11 is 1.42. The molecule has 98 valence electrons. The van der Waals surface area contributed by atoms with Gasteiger partial charge >= 0.3 is 0 Å². The lowest BCUT2D eigenvalue weighted by atomic mass is 10.4. The molecule has 6 heteroatoms. The van der Waals surface area contributed by atoms with Crippen molar-refractivity contribution >= 4 is 17.7 Å². The van der Waals surface area contributed by atoms with E-state index in [9.17, 15) is 4.79 Å². The average Bonchev–Trinajstić information content (AvgIpc) is 3.12. The molecular weight excluding hydrogens is 248 g/mol. The van der Waals surface area contributed by atoms with Gasteiger partial charge in [-0.15, -0.1) is 16.8 Å². The van der Waals surface area contributed by atoms with Crippen molar-refractivity contribution in [3.63, 3.8) is 0 Å². The van der Waals surface area contributed by atoms with Crippen molar-refractivity contribution in [1.29, 1.82) is 0 Å². The van der Waals surface area contributed by atoms with E-state index in [4.69, 9.17) is 0 Å². The zero-order chi connectivity index (χ0) is 13.0. The van der Waals surface area contributed by atoms with Crippen LogP contribution in [0.4, 0.5) is 0 Å². The average molecular weight is 266 g/mol. The highest BCUT2D eigenvalue weighted by molar-refractivity contribution is 7.99. The summed E-state index contributed by atoms with van der Waals surface area (Å²) in [6.07, 6.45) is 4.30. The first-order chi connectivity index (χ1) is 8.70. The molecule has 1 aromatic heterocycles. The van der Waals surface area contributed by atoms with Gasteiger partial charge in [0.15, 0.2) is 5.16 Å². The monoisotopic (exact) mass is 266 g/mol. The summed E-state index contributed by atoms with van der Waals surface area (Å²) in [5.74, 6) is 2.02. The lowest BCUT2D eigenvalue weighted by molar-refractivity contribution is -0.118. The lowest BCUT2D eigenvalue weighted by Gasteiger charge is -2.05. The standard InChI is InChI=1S/C12H18N4OS/c1-3-6-16-9(2)14-15-12(16)18-8-11(17)13-7-10-4-5-10/h3,10H,1,4-8H2,2H3,(H,13,17). The van der Waals surface area contributed by atoms with Gasteiger partial charge in [-0.1, -0.05) is 17.8 Å². The maximum atomic E-state index is 11.6. The van der Waals surface area contributed by atoms with Gasteiger partial charge in [-0.2, -0.15) is 0 Å². The van der Waals surface area contributed by atoms with Crippen LogP contribution >= 0.6 is 11.8 Å². The van der Waals surface area contributed by atoms with E-state index in [1.165, 1.54) is 24.6 Å². The molecule has 1 fully saturated rings. The Balaban J connectivity index is 1.80. The maximum absolute atomic E-state index is 11.6. The molecule has 0 atom stereocenters. The van der Waals surface area contributed by atoms with Crippen LogP contribution in [0.25, 0.3) is 0 Å². The molecule has 18 heavy (non-hydrogen) atoms. The van der Waals surface area contributed by atoms with Crippen LogP contribution in [0.3, 0.4) is 0 Å². The van der Waals surface area contributed by atoms with E-state index < -0.39 is 0 Å². The van der Waals surface area contributed by atoms with Crippen LogP contribution in [0.15, 0.2) is 17.8 Å². The number of amides is 1. The summed E-state index contributed by atoms with van der Waals surface area (Å²) in [6, 6.07) is 0. The van der Waals surface area contributed by atoms with Crippen LogP contribution < -0.4 is 5.32 Å². The van der Waals surface area contributed by atoms with Crippen molar-refractivity contribution < 1.29 is 4.79 Å². The topological polar surface area (TPSA) is 59.8 Å². The fraction of sp³-hybridized carbons (Fsp3) is 0.583. The Labute approximate surface area is 111 Å². The third-order valence-electron chi connectivity index (χ3n) is 2.83. The van der Waals surface area contributed by atoms with Crippen molar-refractivity contribution in [1.82, 2.24) is 20.1 Å². The maximum Gasteiger partial charge on any atom is 0.230 e. The van der Waals surface area contributed by atoms with E-state index in [1.807, 2.05) is 11.5 Å². The minimum Gasteiger partial charge on any atom is -0.355 e. The summed E-state index contributed by atoms with van der Waals surface area (Å²) in [5, 5.41) is 11.8. The third-order valence-corrected chi connectivity index (χ3v) is 3.80. The minimum absolute atomic E-state index is 0.0673. The Kier molecular flexibility index (Phi) is 4.41. The quantitative estimate of drug-likeness (QED) is 0.598. The second kappa shape index (κ2) is 6.04. The minimum atomic E-state index is 0.0673. The second-order valence-corrected chi connectivity index (χ2v) is 5.41. The SMILES string of the molecule is C=CCn1c(C)nnc1SCC(=O)NCC1CC1. The van der Waals surface area contributed by atoms with E-state index in [-0.39, 0.29) is 5.91 Å². The van der Waals surface area contributed by atoms with Crippen molar-refractivity contribution in [2.45, 2.75) is 31.5 Å². The highest BCUT2D eigenvalue weighted by atomic mass is 32.2. The second-order valence-electron chi connectivity index (χ2n) is 4.47. The van der Waals surface area contributed by atoms with Gasteiger partial charge in [0, 0.05) is 13.1 Å². The van der Waals surface area contributed by atoms with Gasteiger partial charge in [0.05, 0.1) is 5.75 Å². The highest BCUT2D eigenvalue weighted by Crippen LogP contribution is 2.27. The summed E-state index contributed by atoms with van der Waals surface area (Å²) in [6.45, 7) is 7.09. The van der Waals surface area contributed by atoms with Gasteiger partial charge in [-0.25, -0.2) is 0 Å². The predicted molar refractivity (Wildman–Crippen MR) is 71.4 cm³/mol. The first-order valence-corrected chi connectivity index (χ1v) is 7.09. The number of rotatable bonds is 7. The van der Waals surface area contributed by atoms with Gasteiger partial charge < -0.3 is 9.88 Å². The molecule has 0 spiro atoms. The van der Waals surface area contributed by atoms with Crippen LogP contribution in [0.1, 0.15) is 18.7 Å². The van der Waals surface area contributed by atoms with Crippen molar-refractivity contribution in [2.75, 3.05) is 12.3 Å². The number of hydrogen-bond acceptors (Lipinski definition) is 4. The van der Waals surface area contributed by atoms with Crippen molar-refractivity contribution in [2.24, 2.45) is 5.92 Å². The Bertz CT molecular complexity index is 439. The van der Waals surface area contributed by atoms with Gasteiger partial charge in [0.2, 0.25) is 5.91 Å². The Morgan fingerprint density at radius 1 is 1.61 bits per heavy atom. The van der Waals surface area contributed by atoms with Crippen LogP contribution in [0.5, 0.6) is 0 Å². The number of carbonyl (C=O) groups excluding carboxylic acids is 1. The highest BCUT2D eigenvalue weighted by Gasteiger charge is 2.21. The molecule has 1 aromatic rings. The van der Waals surface area contributed by atoms with Crippen molar-refractivity contribution in [3.05, 3.63) is 18.5 Å². The molecule has 1 aliphatic rings. The number of nitrogens with zero attached hydrogens (tertiary/aromatic N) is 3. The first-order valence-electron chi connectivity index (χ1n) is 6.11. The summed E-state index contributed by atoms with van der Waals surface area (Å²) in [4.78, 5) is 11.6. The van der Waals surface area contributed by atoms with Crippen LogP contribution in [0.2, 0.25) is 0 Å². The van der Waals surface area contributed by atoms with Crippen molar-refractivity contribution in [3.8, 4) is 0 Å². The molecule has 1 heterocycles. The molecule has 1 saturated carbocycles. The number of aromatic nitrogens is 3. The number of hydrogen-bond donors (Lipinski definition) is 1. The molecule has 5 nitrogen and oxygen atoms in total. The van der Waals surface area contributed by atoms with E-state index >= 15 is 0 Å². The van der Waals surface area contributed by atoms with E-state index in [0.717, 1.165) is 17.5 Å².